The maximum atomic E-state index is 13.2. The molecule has 1 fully saturated rings. The van der Waals surface area contributed by atoms with Gasteiger partial charge in [0.05, 0.1) is 6.04 Å². The summed E-state index contributed by atoms with van der Waals surface area (Å²) in [6.07, 6.45) is 1.61. The Morgan fingerprint density at radius 1 is 1.10 bits per heavy atom. The maximum Gasteiger partial charge on any atom is 0.237 e. The van der Waals surface area contributed by atoms with Gasteiger partial charge in [-0.2, -0.15) is 0 Å². The van der Waals surface area contributed by atoms with Crippen molar-refractivity contribution in [2.75, 3.05) is 6.54 Å². The minimum absolute atomic E-state index is 0.0153. The van der Waals surface area contributed by atoms with E-state index in [9.17, 15) is 14.4 Å². The van der Waals surface area contributed by atoms with E-state index in [1.165, 1.54) is 0 Å². The first-order valence-electron chi connectivity index (χ1n) is 10.9. The van der Waals surface area contributed by atoms with Crippen LogP contribution in [0.2, 0.25) is 0 Å². The van der Waals surface area contributed by atoms with Gasteiger partial charge in [0, 0.05) is 12.8 Å². The van der Waals surface area contributed by atoms with Crippen molar-refractivity contribution in [2.45, 2.75) is 57.5 Å². The maximum absolute atomic E-state index is 13.2. The van der Waals surface area contributed by atoms with Crippen LogP contribution < -0.4 is 16.4 Å². The molecule has 3 rings (SSSR count). The Labute approximate surface area is 183 Å². The van der Waals surface area contributed by atoms with Crippen molar-refractivity contribution in [3.05, 3.63) is 59.7 Å². The van der Waals surface area contributed by atoms with Crippen LogP contribution >= 0.6 is 0 Å². The summed E-state index contributed by atoms with van der Waals surface area (Å²) in [6.45, 7) is 5.02. The Hall–Kier alpha value is -2.99. The van der Waals surface area contributed by atoms with Crippen LogP contribution in [-0.2, 0) is 14.4 Å². The second-order valence-corrected chi connectivity index (χ2v) is 8.39. The molecule has 6 nitrogen and oxygen atoms in total. The number of benzene rings is 2. The molecule has 0 bridgehead atoms. The first-order chi connectivity index (χ1) is 14.9. The summed E-state index contributed by atoms with van der Waals surface area (Å²) in [7, 11) is 0. The van der Waals surface area contributed by atoms with Crippen molar-refractivity contribution in [3.8, 4) is 11.1 Å². The lowest BCUT2D eigenvalue weighted by Crippen LogP contribution is -2.44. The number of carbonyl (C=O) groups is 3. The average Bonchev–Trinajstić information content (AvgIpc) is 3.31. The molecule has 2 aromatic rings. The van der Waals surface area contributed by atoms with Gasteiger partial charge in [-0.15, -0.1) is 0 Å². The van der Waals surface area contributed by atoms with Crippen LogP contribution in [-0.4, -0.2) is 30.2 Å². The molecule has 0 aliphatic carbocycles. The SMILES string of the molecule is CC(C)c1ccc([C@H](NC(=O)[C@@H]2CCCN2)C(=O)CCC(N)=O)c(-c2ccccc2)c1. The fourth-order valence-electron chi connectivity index (χ4n) is 3.93. The number of Topliss-reactive ketones (excluding diaryl/α,β-unsaturated/α-hetero) is 1. The molecule has 31 heavy (non-hydrogen) atoms. The summed E-state index contributed by atoms with van der Waals surface area (Å²) in [5.74, 6) is -0.631. The van der Waals surface area contributed by atoms with Crippen molar-refractivity contribution < 1.29 is 14.4 Å². The zero-order valence-electron chi connectivity index (χ0n) is 18.2. The molecule has 0 radical (unpaired) electrons. The number of ketones is 1. The molecule has 1 saturated heterocycles. The van der Waals surface area contributed by atoms with Crippen molar-refractivity contribution in [3.63, 3.8) is 0 Å². The molecular formula is C25H31N3O3. The molecule has 1 aliphatic rings. The normalized spacial score (nSPS) is 16.8. The van der Waals surface area contributed by atoms with Gasteiger partial charge in [0.1, 0.15) is 6.04 Å². The number of hydrogen-bond acceptors (Lipinski definition) is 4. The lowest BCUT2D eigenvalue weighted by molar-refractivity contribution is -0.129. The first-order valence-corrected chi connectivity index (χ1v) is 10.9. The van der Waals surface area contributed by atoms with E-state index in [2.05, 4.69) is 30.5 Å². The van der Waals surface area contributed by atoms with Crippen LogP contribution in [0, 0.1) is 0 Å². The number of nitrogens with one attached hydrogen (secondary N) is 2. The predicted molar refractivity (Wildman–Crippen MR) is 121 cm³/mol. The molecular weight excluding hydrogens is 390 g/mol. The standard InChI is InChI=1S/C25H31N3O3/c1-16(2)18-10-11-19(20(15-18)17-7-4-3-5-8-17)24(22(29)12-13-23(26)30)28-25(31)21-9-6-14-27-21/h3-5,7-8,10-11,15-16,21,24,27H,6,9,12-14H2,1-2H3,(H2,26,30)(H,28,31)/t21-,24-/m0/s1. The van der Waals surface area contributed by atoms with Crippen molar-refractivity contribution >= 4 is 17.6 Å². The number of carbonyl (C=O) groups excluding carboxylic acids is 3. The van der Waals surface area contributed by atoms with Crippen molar-refractivity contribution in [1.82, 2.24) is 10.6 Å². The summed E-state index contributed by atoms with van der Waals surface area (Å²) >= 11 is 0. The van der Waals surface area contributed by atoms with Gasteiger partial charge in [-0.25, -0.2) is 0 Å². The second-order valence-electron chi connectivity index (χ2n) is 8.39. The van der Waals surface area contributed by atoms with E-state index in [1.807, 2.05) is 42.5 Å². The molecule has 0 spiro atoms. The molecule has 164 valence electrons. The number of amides is 2. The molecule has 1 heterocycles. The van der Waals surface area contributed by atoms with Crippen LogP contribution in [0.1, 0.15) is 62.6 Å². The third kappa shape index (κ3) is 5.79. The third-order valence-corrected chi connectivity index (χ3v) is 5.74. The summed E-state index contributed by atoms with van der Waals surface area (Å²) in [5, 5.41) is 6.13. The highest BCUT2D eigenvalue weighted by atomic mass is 16.2. The molecule has 2 atom stereocenters. The first kappa shape index (κ1) is 22.7. The third-order valence-electron chi connectivity index (χ3n) is 5.74. The molecule has 2 amide bonds. The Balaban J connectivity index is 2.02. The molecule has 0 saturated carbocycles. The lowest BCUT2D eigenvalue weighted by Gasteiger charge is -2.24. The van der Waals surface area contributed by atoms with Crippen molar-refractivity contribution in [2.24, 2.45) is 5.73 Å². The van der Waals surface area contributed by atoms with E-state index in [0.29, 0.717) is 5.92 Å². The molecule has 0 aromatic heterocycles. The Morgan fingerprint density at radius 2 is 1.84 bits per heavy atom. The zero-order valence-corrected chi connectivity index (χ0v) is 18.2. The van der Waals surface area contributed by atoms with Crippen LogP contribution in [0.5, 0.6) is 0 Å². The smallest absolute Gasteiger partial charge is 0.237 e. The highest BCUT2D eigenvalue weighted by molar-refractivity contribution is 5.95. The van der Waals surface area contributed by atoms with E-state index in [4.69, 9.17) is 5.73 Å². The Kier molecular flexibility index (Phi) is 7.58. The minimum Gasteiger partial charge on any atom is -0.370 e. The van der Waals surface area contributed by atoms with E-state index in [0.717, 1.165) is 41.6 Å². The average molecular weight is 422 g/mol. The number of rotatable bonds is 9. The van der Waals surface area contributed by atoms with E-state index in [-0.39, 0.29) is 30.6 Å². The van der Waals surface area contributed by atoms with Gasteiger partial charge < -0.3 is 16.4 Å². The molecule has 1 aliphatic heterocycles. The van der Waals surface area contributed by atoms with Gasteiger partial charge in [0.2, 0.25) is 11.8 Å². The van der Waals surface area contributed by atoms with E-state index >= 15 is 0 Å². The fraction of sp³-hybridized carbons (Fsp3) is 0.400. The molecule has 6 heteroatoms. The second kappa shape index (κ2) is 10.4. The largest absolute Gasteiger partial charge is 0.370 e. The number of hydrogen-bond donors (Lipinski definition) is 3. The Bertz CT molecular complexity index is 934. The monoisotopic (exact) mass is 421 g/mol. The van der Waals surface area contributed by atoms with Crippen molar-refractivity contribution in [1.29, 1.82) is 0 Å². The lowest BCUT2D eigenvalue weighted by atomic mass is 9.88. The van der Waals surface area contributed by atoms with Gasteiger partial charge in [-0.05, 0) is 47.6 Å². The minimum atomic E-state index is -0.842. The Morgan fingerprint density at radius 3 is 2.45 bits per heavy atom. The fourth-order valence-corrected chi connectivity index (χ4v) is 3.93. The van der Waals surface area contributed by atoms with Crippen LogP contribution in [0.25, 0.3) is 11.1 Å². The van der Waals surface area contributed by atoms with Gasteiger partial charge >= 0.3 is 0 Å². The highest BCUT2D eigenvalue weighted by Gasteiger charge is 2.30. The topological polar surface area (TPSA) is 101 Å². The number of nitrogens with two attached hydrogens (primary N) is 1. The molecule has 0 unspecified atom stereocenters. The summed E-state index contributed by atoms with van der Waals surface area (Å²) in [6, 6.07) is 14.7. The quantitative estimate of drug-likeness (QED) is 0.579. The molecule has 4 N–H and O–H groups in total. The van der Waals surface area contributed by atoms with E-state index < -0.39 is 11.9 Å². The van der Waals surface area contributed by atoms with Gasteiger partial charge in [-0.1, -0.05) is 62.4 Å². The van der Waals surface area contributed by atoms with Gasteiger partial charge in [0.25, 0.3) is 0 Å². The highest BCUT2D eigenvalue weighted by Crippen LogP contribution is 2.33. The summed E-state index contributed by atoms with van der Waals surface area (Å²) in [5.41, 5.74) is 9.03. The molecule has 2 aromatic carbocycles. The zero-order chi connectivity index (χ0) is 22.4. The van der Waals surface area contributed by atoms with Gasteiger partial charge in [0.15, 0.2) is 5.78 Å². The van der Waals surface area contributed by atoms with Crippen LogP contribution in [0.15, 0.2) is 48.5 Å². The van der Waals surface area contributed by atoms with Crippen LogP contribution in [0.3, 0.4) is 0 Å². The van der Waals surface area contributed by atoms with Gasteiger partial charge in [-0.3, -0.25) is 14.4 Å². The summed E-state index contributed by atoms with van der Waals surface area (Å²) < 4.78 is 0. The predicted octanol–water partition coefficient (Wildman–Crippen LogP) is 3.22. The van der Waals surface area contributed by atoms with Crippen LogP contribution in [0.4, 0.5) is 0 Å². The van der Waals surface area contributed by atoms with E-state index in [1.54, 1.807) is 0 Å². The number of primary amides is 1. The summed E-state index contributed by atoms with van der Waals surface area (Å²) in [4.78, 5) is 37.3.